The van der Waals surface area contributed by atoms with E-state index >= 15 is 0 Å². The van der Waals surface area contributed by atoms with Gasteiger partial charge in [-0.15, -0.1) is 0 Å². The van der Waals surface area contributed by atoms with Crippen LogP contribution in [0.15, 0.2) is 18.2 Å². The van der Waals surface area contributed by atoms with Crippen LogP contribution in [0.1, 0.15) is 26.7 Å². The van der Waals surface area contributed by atoms with Gasteiger partial charge in [0.1, 0.15) is 11.4 Å². The zero-order valence-corrected chi connectivity index (χ0v) is 11.2. The molecule has 0 unspecified atom stereocenters. The Morgan fingerprint density at radius 2 is 2.00 bits per heavy atom. The molecule has 0 heterocycles. The molecule has 0 fully saturated rings. The highest BCUT2D eigenvalue weighted by molar-refractivity contribution is 5.75. The molecule has 1 aromatic rings. The third-order valence-electron chi connectivity index (χ3n) is 2.76. The Morgan fingerprint density at radius 3 is 2.56 bits per heavy atom. The predicted molar refractivity (Wildman–Crippen MR) is 75.2 cm³/mol. The number of rotatable bonds is 7. The molecular formula is C13H21N3O2. The van der Waals surface area contributed by atoms with E-state index in [1.54, 1.807) is 19.2 Å². The molecule has 100 valence electrons. The van der Waals surface area contributed by atoms with Gasteiger partial charge in [-0.05, 0) is 30.9 Å². The average Bonchev–Trinajstić information content (AvgIpc) is 2.33. The van der Waals surface area contributed by atoms with Crippen LogP contribution in [0.4, 0.5) is 17.1 Å². The monoisotopic (exact) mass is 251 g/mol. The molecule has 0 bridgehead atoms. The molecule has 5 heteroatoms. The van der Waals surface area contributed by atoms with Crippen LogP contribution in [0.2, 0.25) is 0 Å². The fourth-order valence-corrected chi connectivity index (χ4v) is 1.82. The summed E-state index contributed by atoms with van der Waals surface area (Å²) in [4.78, 5) is 10.7. The summed E-state index contributed by atoms with van der Waals surface area (Å²) in [5.74, 6) is 0.658. The summed E-state index contributed by atoms with van der Waals surface area (Å²) in [6.45, 7) is 5.10. The Kier molecular flexibility index (Phi) is 5.42. The van der Waals surface area contributed by atoms with Crippen LogP contribution < -0.4 is 10.6 Å². The van der Waals surface area contributed by atoms with E-state index in [-0.39, 0.29) is 10.6 Å². The molecule has 0 aliphatic rings. The maximum atomic E-state index is 11.1. The van der Waals surface area contributed by atoms with Gasteiger partial charge in [0.2, 0.25) is 0 Å². The third kappa shape index (κ3) is 3.91. The van der Waals surface area contributed by atoms with Crippen LogP contribution in [0.25, 0.3) is 0 Å². The molecule has 0 aromatic heterocycles. The topological polar surface area (TPSA) is 67.2 Å². The second-order valence-electron chi connectivity index (χ2n) is 4.67. The van der Waals surface area contributed by atoms with Crippen LogP contribution in [-0.2, 0) is 0 Å². The molecule has 0 saturated heterocycles. The number of nitro benzene ring substituents is 1. The van der Waals surface area contributed by atoms with Crippen LogP contribution in [0, 0.1) is 16.0 Å². The van der Waals surface area contributed by atoms with Crippen LogP contribution >= 0.6 is 0 Å². The second kappa shape index (κ2) is 6.83. The summed E-state index contributed by atoms with van der Waals surface area (Å²) in [6, 6.07) is 5.26. The lowest BCUT2D eigenvalue weighted by Crippen LogP contribution is -2.07. The Bertz CT molecular complexity index is 405. The number of nitro groups is 1. The molecule has 0 radical (unpaired) electrons. The summed E-state index contributed by atoms with van der Waals surface area (Å²) in [7, 11) is 1.69. The van der Waals surface area contributed by atoms with Crippen molar-refractivity contribution in [3.63, 3.8) is 0 Å². The van der Waals surface area contributed by atoms with E-state index < -0.39 is 0 Å². The zero-order chi connectivity index (χ0) is 13.5. The van der Waals surface area contributed by atoms with Crippen LogP contribution in [0.5, 0.6) is 0 Å². The van der Waals surface area contributed by atoms with Crippen LogP contribution in [-0.4, -0.2) is 18.5 Å². The minimum atomic E-state index is -0.351. The van der Waals surface area contributed by atoms with E-state index in [0.29, 0.717) is 17.3 Å². The van der Waals surface area contributed by atoms with Gasteiger partial charge in [-0.3, -0.25) is 10.1 Å². The van der Waals surface area contributed by atoms with Crippen molar-refractivity contribution in [1.82, 2.24) is 0 Å². The third-order valence-corrected chi connectivity index (χ3v) is 2.76. The lowest BCUT2D eigenvalue weighted by atomic mass is 10.1. The minimum Gasteiger partial charge on any atom is -0.382 e. The van der Waals surface area contributed by atoms with E-state index in [9.17, 15) is 10.1 Å². The minimum absolute atomic E-state index is 0.115. The molecule has 5 nitrogen and oxygen atoms in total. The molecule has 0 aliphatic heterocycles. The Morgan fingerprint density at radius 1 is 1.33 bits per heavy atom. The number of anilines is 2. The molecule has 18 heavy (non-hydrogen) atoms. The van der Waals surface area contributed by atoms with Crippen molar-refractivity contribution in [1.29, 1.82) is 0 Å². The van der Waals surface area contributed by atoms with Gasteiger partial charge in [-0.2, -0.15) is 0 Å². The summed E-state index contributed by atoms with van der Waals surface area (Å²) < 4.78 is 0. The summed E-state index contributed by atoms with van der Waals surface area (Å²) in [6.07, 6.45) is 2.13. The van der Waals surface area contributed by atoms with Gasteiger partial charge in [0.25, 0.3) is 0 Å². The Balaban J connectivity index is 2.72. The van der Waals surface area contributed by atoms with Gasteiger partial charge in [-0.1, -0.05) is 19.9 Å². The van der Waals surface area contributed by atoms with E-state index in [4.69, 9.17) is 0 Å². The molecule has 0 atom stereocenters. The predicted octanol–water partition coefficient (Wildman–Crippen LogP) is 3.48. The van der Waals surface area contributed by atoms with Crippen molar-refractivity contribution in [2.75, 3.05) is 24.2 Å². The number of nitrogens with zero attached hydrogens (tertiary/aromatic N) is 1. The van der Waals surface area contributed by atoms with E-state index in [1.807, 2.05) is 6.07 Å². The molecule has 0 saturated carbocycles. The second-order valence-corrected chi connectivity index (χ2v) is 4.67. The maximum Gasteiger partial charge on any atom is 0.315 e. The molecular weight excluding hydrogens is 230 g/mol. The first-order valence-corrected chi connectivity index (χ1v) is 6.25. The Labute approximate surface area is 108 Å². The van der Waals surface area contributed by atoms with Crippen molar-refractivity contribution < 1.29 is 4.92 Å². The normalized spacial score (nSPS) is 10.4. The lowest BCUT2D eigenvalue weighted by molar-refractivity contribution is -0.383. The van der Waals surface area contributed by atoms with Crippen molar-refractivity contribution >= 4 is 17.1 Å². The fourth-order valence-electron chi connectivity index (χ4n) is 1.82. The largest absolute Gasteiger partial charge is 0.382 e. The summed E-state index contributed by atoms with van der Waals surface area (Å²) in [5, 5.41) is 17.1. The molecule has 0 amide bonds. The lowest BCUT2D eigenvalue weighted by Gasteiger charge is -2.10. The van der Waals surface area contributed by atoms with Gasteiger partial charge < -0.3 is 10.6 Å². The first-order valence-electron chi connectivity index (χ1n) is 6.25. The fraction of sp³-hybridized carbons (Fsp3) is 0.538. The van der Waals surface area contributed by atoms with Crippen LogP contribution in [0.3, 0.4) is 0 Å². The quantitative estimate of drug-likeness (QED) is 0.442. The summed E-state index contributed by atoms with van der Waals surface area (Å²) >= 11 is 0. The highest BCUT2D eigenvalue weighted by atomic mass is 16.6. The van der Waals surface area contributed by atoms with Gasteiger partial charge in [0.05, 0.1) is 4.92 Å². The number of nitrogens with one attached hydrogen (secondary N) is 2. The van der Waals surface area contributed by atoms with Crippen molar-refractivity contribution in [2.24, 2.45) is 5.92 Å². The average molecular weight is 251 g/mol. The highest BCUT2D eigenvalue weighted by Crippen LogP contribution is 2.32. The van der Waals surface area contributed by atoms with Gasteiger partial charge in [0.15, 0.2) is 0 Å². The molecule has 2 N–H and O–H groups in total. The highest BCUT2D eigenvalue weighted by Gasteiger charge is 2.18. The van der Waals surface area contributed by atoms with Crippen molar-refractivity contribution in [3.05, 3.63) is 28.3 Å². The van der Waals surface area contributed by atoms with Crippen molar-refractivity contribution in [3.8, 4) is 0 Å². The SMILES string of the molecule is CNc1cccc(NCCCC(C)C)c1[N+](=O)[O-]. The van der Waals surface area contributed by atoms with E-state index in [2.05, 4.69) is 24.5 Å². The number of hydrogen-bond acceptors (Lipinski definition) is 4. The molecule has 1 aromatic carbocycles. The molecule has 0 aliphatic carbocycles. The zero-order valence-electron chi connectivity index (χ0n) is 11.2. The van der Waals surface area contributed by atoms with E-state index in [1.165, 1.54) is 0 Å². The first-order chi connectivity index (χ1) is 8.56. The van der Waals surface area contributed by atoms with Gasteiger partial charge in [0, 0.05) is 13.6 Å². The summed E-state index contributed by atoms with van der Waals surface area (Å²) in [5.41, 5.74) is 1.23. The Hall–Kier alpha value is -1.78. The van der Waals surface area contributed by atoms with Gasteiger partial charge >= 0.3 is 5.69 Å². The standard InChI is InChI=1S/C13H21N3O2/c1-10(2)6-5-9-15-12-8-4-7-11(14-3)13(12)16(17)18/h4,7-8,10,14-15H,5-6,9H2,1-3H3. The molecule has 0 spiro atoms. The smallest absolute Gasteiger partial charge is 0.315 e. The number of hydrogen-bond donors (Lipinski definition) is 2. The molecule has 1 rings (SSSR count). The number of benzene rings is 1. The maximum absolute atomic E-state index is 11.1. The number of para-hydroxylation sites is 1. The van der Waals surface area contributed by atoms with Gasteiger partial charge in [-0.25, -0.2) is 0 Å². The van der Waals surface area contributed by atoms with E-state index in [0.717, 1.165) is 19.4 Å². The van der Waals surface area contributed by atoms with Crippen molar-refractivity contribution in [2.45, 2.75) is 26.7 Å². The first kappa shape index (κ1) is 14.3.